The van der Waals surface area contributed by atoms with Crippen LogP contribution in [0.5, 0.6) is 0 Å². The van der Waals surface area contributed by atoms with E-state index in [1.165, 1.54) is 12.0 Å². The van der Waals surface area contributed by atoms with Crippen LogP contribution in [-0.2, 0) is 0 Å². The molecule has 0 heterocycles. The molecule has 0 nitrogen and oxygen atoms in total. The molecular formula is C12H23P. The summed E-state index contributed by atoms with van der Waals surface area (Å²) in [5.74, 6) is 0. The van der Waals surface area contributed by atoms with E-state index in [-0.39, 0.29) is 0 Å². The minimum atomic E-state index is 0.683. The van der Waals surface area contributed by atoms with Crippen molar-refractivity contribution in [3.05, 3.63) is 37.0 Å². The molecule has 13 heavy (non-hydrogen) atoms. The number of allylic oxidation sites excluding steroid dienone is 4. The highest BCUT2D eigenvalue weighted by Gasteiger charge is 1.94. The lowest BCUT2D eigenvalue weighted by atomic mass is 10.1. The van der Waals surface area contributed by atoms with Crippen LogP contribution < -0.4 is 0 Å². The molecule has 1 unspecified atom stereocenters. The highest BCUT2D eigenvalue weighted by atomic mass is 31.0. The van der Waals surface area contributed by atoms with E-state index in [1.54, 1.807) is 0 Å². The predicted molar refractivity (Wildman–Crippen MR) is 68.2 cm³/mol. The molecule has 0 aromatic heterocycles. The Labute approximate surface area is 86.0 Å². The molecule has 2 atom stereocenters. The second-order valence-electron chi connectivity index (χ2n) is 2.70. The maximum absolute atomic E-state index is 3.73. The Hall–Kier alpha value is -0.350. The third kappa shape index (κ3) is 11.7. The molecule has 0 spiro atoms. The van der Waals surface area contributed by atoms with Gasteiger partial charge in [0, 0.05) is 0 Å². The first kappa shape index (κ1) is 15.1. The molecule has 0 aromatic carbocycles. The highest BCUT2D eigenvalue weighted by Crippen LogP contribution is 2.13. The summed E-state index contributed by atoms with van der Waals surface area (Å²) in [6, 6.07) is 0. The van der Waals surface area contributed by atoms with Crippen molar-refractivity contribution in [1.29, 1.82) is 0 Å². The van der Waals surface area contributed by atoms with Crippen LogP contribution in [-0.4, -0.2) is 5.66 Å². The minimum absolute atomic E-state index is 0.683. The van der Waals surface area contributed by atoms with Crippen molar-refractivity contribution in [3.8, 4) is 0 Å². The first-order valence-corrected chi connectivity index (χ1v) is 5.57. The monoisotopic (exact) mass is 198 g/mol. The summed E-state index contributed by atoms with van der Waals surface area (Å²) in [6.45, 7) is 13.6. The van der Waals surface area contributed by atoms with Gasteiger partial charge in [0.05, 0.1) is 0 Å². The molecule has 0 amide bonds. The zero-order valence-corrected chi connectivity index (χ0v) is 10.4. The Kier molecular flexibility index (Phi) is 13.6. The molecular weight excluding hydrogens is 175 g/mol. The van der Waals surface area contributed by atoms with Gasteiger partial charge < -0.3 is 0 Å². The maximum Gasteiger partial charge on any atom is -0.0273 e. The second-order valence-corrected chi connectivity index (χ2v) is 3.84. The fourth-order valence-corrected chi connectivity index (χ4v) is 0.966. The van der Waals surface area contributed by atoms with Gasteiger partial charge in [-0.1, -0.05) is 52.2 Å². The summed E-state index contributed by atoms with van der Waals surface area (Å²) in [5, 5.41) is 0. The molecule has 0 saturated carbocycles. The molecule has 76 valence electrons. The molecule has 0 rings (SSSR count). The van der Waals surface area contributed by atoms with Gasteiger partial charge in [-0.05, 0) is 24.1 Å². The Balaban J connectivity index is 0. The lowest BCUT2D eigenvalue weighted by molar-refractivity contribution is 0.815. The van der Waals surface area contributed by atoms with Crippen LogP contribution in [0.15, 0.2) is 37.0 Å². The lowest BCUT2D eigenvalue weighted by Crippen LogP contribution is -1.89. The van der Waals surface area contributed by atoms with Crippen molar-refractivity contribution in [2.45, 2.75) is 39.3 Å². The SMILES string of the molecule is C=C/C=C(\C=C)CC[C@@H](C)P.CC. The molecule has 0 fully saturated rings. The first-order valence-electron chi connectivity index (χ1n) is 4.90. The van der Waals surface area contributed by atoms with Gasteiger partial charge in [-0.15, -0.1) is 9.24 Å². The van der Waals surface area contributed by atoms with Gasteiger partial charge in [0.2, 0.25) is 0 Å². The summed E-state index contributed by atoms with van der Waals surface area (Å²) in [6.07, 6.45) is 8.01. The van der Waals surface area contributed by atoms with E-state index in [4.69, 9.17) is 0 Å². The number of rotatable bonds is 5. The van der Waals surface area contributed by atoms with Crippen LogP contribution >= 0.6 is 9.24 Å². The molecule has 0 radical (unpaired) electrons. The van der Waals surface area contributed by atoms with E-state index in [2.05, 4.69) is 29.3 Å². The Bertz CT molecular complexity index is 155. The summed E-state index contributed by atoms with van der Waals surface area (Å²) in [5.41, 5.74) is 1.96. The molecule has 0 bridgehead atoms. The topological polar surface area (TPSA) is 0 Å². The van der Waals surface area contributed by atoms with Crippen LogP contribution in [0.2, 0.25) is 0 Å². The van der Waals surface area contributed by atoms with Crippen LogP contribution in [0.4, 0.5) is 0 Å². The van der Waals surface area contributed by atoms with E-state index >= 15 is 0 Å². The molecule has 0 aliphatic carbocycles. The standard InChI is InChI=1S/C10H17P.C2H6/c1-4-6-10(5-2)8-7-9(3)11;1-2/h4-6,9H,1-2,7-8,11H2,3H3;1-2H3/b10-6+;/t9-;/m1./s1. The van der Waals surface area contributed by atoms with E-state index in [0.29, 0.717) is 5.66 Å². The van der Waals surface area contributed by atoms with Crippen molar-refractivity contribution >= 4 is 9.24 Å². The van der Waals surface area contributed by atoms with E-state index < -0.39 is 0 Å². The molecule has 0 aliphatic rings. The van der Waals surface area contributed by atoms with Crippen LogP contribution in [0.3, 0.4) is 0 Å². The molecule has 0 N–H and O–H groups in total. The van der Waals surface area contributed by atoms with Crippen molar-refractivity contribution in [2.24, 2.45) is 0 Å². The Morgan fingerprint density at radius 1 is 1.38 bits per heavy atom. The van der Waals surface area contributed by atoms with Crippen LogP contribution in [0, 0.1) is 0 Å². The quantitative estimate of drug-likeness (QED) is 0.455. The van der Waals surface area contributed by atoms with Crippen LogP contribution in [0.25, 0.3) is 0 Å². The zero-order valence-electron chi connectivity index (χ0n) is 9.22. The largest absolute Gasteiger partial charge is 0.135 e. The maximum atomic E-state index is 3.73. The van der Waals surface area contributed by atoms with Gasteiger partial charge in [-0.2, -0.15) is 0 Å². The van der Waals surface area contributed by atoms with Crippen molar-refractivity contribution in [3.63, 3.8) is 0 Å². The van der Waals surface area contributed by atoms with Gasteiger partial charge >= 0.3 is 0 Å². The average molecular weight is 198 g/mol. The Morgan fingerprint density at radius 3 is 2.23 bits per heavy atom. The summed E-state index contributed by atoms with van der Waals surface area (Å²) >= 11 is 0. The fourth-order valence-electron chi connectivity index (χ4n) is 0.799. The van der Waals surface area contributed by atoms with Crippen LogP contribution in [0.1, 0.15) is 33.6 Å². The number of hydrogen-bond acceptors (Lipinski definition) is 0. The number of hydrogen-bond donors (Lipinski definition) is 0. The predicted octanol–water partition coefficient (Wildman–Crippen LogP) is 4.35. The first-order chi connectivity index (χ1) is 6.20. The normalized spacial score (nSPS) is 12.5. The summed E-state index contributed by atoms with van der Waals surface area (Å²) in [4.78, 5) is 0. The molecule has 1 heteroatoms. The van der Waals surface area contributed by atoms with Gasteiger partial charge in [0.1, 0.15) is 0 Å². The van der Waals surface area contributed by atoms with Gasteiger partial charge in [-0.3, -0.25) is 0 Å². The van der Waals surface area contributed by atoms with E-state index in [0.717, 1.165) is 6.42 Å². The highest BCUT2D eigenvalue weighted by molar-refractivity contribution is 7.17. The summed E-state index contributed by atoms with van der Waals surface area (Å²) in [7, 11) is 2.79. The summed E-state index contributed by atoms with van der Waals surface area (Å²) < 4.78 is 0. The van der Waals surface area contributed by atoms with Crippen molar-refractivity contribution in [2.75, 3.05) is 0 Å². The third-order valence-electron chi connectivity index (χ3n) is 1.48. The molecule has 0 aromatic rings. The van der Waals surface area contributed by atoms with E-state index in [1.807, 2.05) is 32.1 Å². The third-order valence-corrected chi connectivity index (χ3v) is 1.82. The fraction of sp³-hybridized carbons (Fsp3) is 0.500. The minimum Gasteiger partial charge on any atom is -0.135 e. The average Bonchev–Trinajstić information content (AvgIpc) is 2.15. The van der Waals surface area contributed by atoms with Gasteiger partial charge in [0.15, 0.2) is 0 Å². The lowest BCUT2D eigenvalue weighted by Gasteiger charge is -2.03. The molecule has 0 saturated heterocycles. The Morgan fingerprint density at radius 2 is 1.92 bits per heavy atom. The van der Waals surface area contributed by atoms with Crippen molar-refractivity contribution < 1.29 is 0 Å². The van der Waals surface area contributed by atoms with Gasteiger partial charge in [0.25, 0.3) is 0 Å². The van der Waals surface area contributed by atoms with Crippen molar-refractivity contribution in [1.82, 2.24) is 0 Å². The van der Waals surface area contributed by atoms with Gasteiger partial charge in [-0.25, -0.2) is 0 Å². The molecule has 0 aliphatic heterocycles. The second kappa shape index (κ2) is 11.6. The smallest absolute Gasteiger partial charge is 0.0273 e. The van der Waals surface area contributed by atoms with E-state index in [9.17, 15) is 0 Å². The zero-order chi connectivity index (χ0) is 10.7.